The first-order valence-corrected chi connectivity index (χ1v) is 7.81. The van der Waals surface area contributed by atoms with Crippen LogP contribution >= 0.6 is 11.8 Å². The molecule has 1 fully saturated rings. The summed E-state index contributed by atoms with van der Waals surface area (Å²) in [6.07, 6.45) is 5.12. The molecule has 1 aromatic carbocycles. The number of hydrogen-bond acceptors (Lipinski definition) is 2. The lowest BCUT2D eigenvalue weighted by atomic mass is 9.82. The van der Waals surface area contributed by atoms with Crippen LogP contribution in [0.1, 0.15) is 32.6 Å². The first-order chi connectivity index (χ1) is 9.15. The summed E-state index contributed by atoms with van der Waals surface area (Å²) < 4.78 is 25.0. The van der Waals surface area contributed by atoms with E-state index in [1.54, 1.807) is 12.1 Å². The molecule has 0 bridgehead atoms. The van der Waals surface area contributed by atoms with Crippen molar-refractivity contribution in [3.05, 3.63) is 24.3 Å². The molecule has 1 N–H and O–H groups in total. The lowest BCUT2D eigenvalue weighted by Gasteiger charge is -2.27. The summed E-state index contributed by atoms with van der Waals surface area (Å²) >= 11 is 0.616. The number of benzene rings is 1. The van der Waals surface area contributed by atoms with Gasteiger partial charge in [0.1, 0.15) is 0 Å². The van der Waals surface area contributed by atoms with Crippen LogP contribution in [0.5, 0.6) is 0 Å². The van der Waals surface area contributed by atoms with Gasteiger partial charge in [-0.2, -0.15) is 8.78 Å². The number of para-hydroxylation sites is 1. The summed E-state index contributed by atoms with van der Waals surface area (Å²) in [5, 5.41) is 3.35. The highest BCUT2D eigenvalue weighted by Gasteiger charge is 2.19. The third-order valence-corrected chi connectivity index (χ3v) is 4.52. The highest BCUT2D eigenvalue weighted by Crippen LogP contribution is 2.33. The smallest absolute Gasteiger partial charge is 0.288 e. The Morgan fingerprint density at radius 3 is 2.84 bits per heavy atom. The maximum Gasteiger partial charge on any atom is 0.288 e. The number of hydrogen-bond donors (Lipinski definition) is 1. The molecule has 0 amide bonds. The molecule has 0 aromatic heterocycles. The average Bonchev–Trinajstić information content (AvgIpc) is 2.37. The van der Waals surface area contributed by atoms with Gasteiger partial charge in [0.25, 0.3) is 5.76 Å². The van der Waals surface area contributed by atoms with Crippen LogP contribution < -0.4 is 5.32 Å². The molecule has 0 spiro atoms. The number of rotatable bonds is 5. The first kappa shape index (κ1) is 14.6. The molecule has 1 aliphatic carbocycles. The molecular formula is C15H21F2NS. The summed E-state index contributed by atoms with van der Waals surface area (Å²) in [7, 11) is 0. The van der Waals surface area contributed by atoms with Crippen LogP contribution in [0.25, 0.3) is 0 Å². The van der Waals surface area contributed by atoms with Crippen LogP contribution in [-0.2, 0) is 0 Å². The molecule has 2 rings (SSSR count). The zero-order valence-electron chi connectivity index (χ0n) is 11.2. The van der Waals surface area contributed by atoms with Crippen LogP contribution in [0.2, 0.25) is 0 Å². The van der Waals surface area contributed by atoms with Gasteiger partial charge in [0, 0.05) is 17.1 Å². The van der Waals surface area contributed by atoms with Gasteiger partial charge in [0.2, 0.25) is 0 Å². The molecule has 1 aliphatic rings. The molecule has 106 valence electrons. The van der Waals surface area contributed by atoms with Crippen molar-refractivity contribution in [2.75, 3.05) is 11.9 Å². The second-order valence-electron chi connectivity index (χ2n) is 5.39. The molecule has 0 saturated heterocycles. The van der Waals surface area contributed by atoms with Crippen molar-refractivity contribution in [2.45, 2.75) is 43.3 Å². The van der Waals surface area contributed by atoms with Gasteiger partial charge in [-0.15, -0.1) is 0 Å². The molecule has 1 saturated carbocycles. The van der Waals surface area contributed by atoms with E-state index in [9.17, 15) is 8.78 Å². The topological polar surface area (TPSA) is 12.0 Å². The molecule has 0 heterocycles. The maximum absolute atomic E-state index is 12.5. The number of nitrogens with one attached hydrogen (secondary N) is 1. The molecule has 2 atom stereocenters. The van der Waals surface area contributed by atoms with E-state index < -0.39 is 5.76 Å². The predicted molar refractivity (Wildman–Crippen MR) is 77.9 cm³/mol. The minimum Gasteiger partial charge on any atom is -0.384 e. The Bertz CT molecular complexity index is 397. The maximum atomic E-state index is 12.5. The van der Waals surface area contributed by atoms with Gasteiger partial charge in [-0.1, -0.05) is 43.7 Å². The number of alkyl halides is 2. The van der Waals surface area contributed by atoms with Crippen molar-refractivity contribution >= 4 is 17.4 Å². The van der Waals surface area contributed by atoms with Crippen LogP contribution in [0.15, 0.2) is 29.2 Å². The Hall–Kier alpha value is -0.770. The lowest BCUT2D eigenvalue weighted by Crippen LogP contribution is -2.21. The van der Waals surface area contributed by atoms with Gasteiger partial charge in [-0.25, -0.2) is 0 Å². The van der Waals surface area contributed by atoms with Gasteiger partial charge >= 0.3 is 0 Å². The van der Waals surface area contributed by atoms with Crippen LogP contribution in [0, 0.1) is 11.8 Å². The predicted octanol–water partition coefficient (Wildman–Crippen LogP) is 5.24. The van der Waals surface area contributed by atoms with Crippen LogP contribution in [0.4, 0.5) is 14.5 Å². The van der Waals surface area contributed by atoms with E-state index in [-0.39, 0.29) is 0 Å². The standard InChI is InChI=1S/C15H21F2NS/c1-11-5-4-6-12(9-11)10-18-13-7-2-3-8-14(13)19-15(16)17/h2-3,7-8,11-12,15,18H,4-6,9-10H2,1H3. The Morgan fingerprint density at radius 1 is 1.32 bits per heavy atom. The van der Waals surface area contributed by atoms with E-state index in [0.717, 1.165) is 18.2 Å². The molecule has 19 heavy (non-hydrogen) atoms. The third-order valence-electron chi connectivity index (χ3n) is 3.73. The quantitative estimate of drug-likeness (QED) is 0.742. The summed E-state index contributed by atoms with van der Waals surface area (Å²) in [5.41, 5.74) is 0.839. The van der Waals surface area contributed by atoms with Gasteiger partial charge in [0.05, 0.1) is 0 Å². The molecule has 0 aliphatic heterocycles. The van der Waals surface area contributed by atoms with Gasteiger partial charge in [-0.05, 0) is 36.8 Å². The van der Waals surface area contributed by atoms with E-state index in [1.165, 1.54) is 25.7 Å². The monoisotopic (exact) mass is 285 g/mol. The summed E-state index contributed by atoms with van der Waals surface area (Å²) in [6.45, 7) is 3.19. The van der Waals surface area contributed by atoms with Crippen molar-refractivity contribution < 1.29 is 8.78 Å². The van der Waals surface area contributed by atoms with Crippen molar-refractivity contribution in [3.8, 4) is 0 Å². The van der Waals surface area contributed by atoms with Crippen molar-refractivity contribution in [1.82, 2.24) is 0 Å². The number of thioether (sulfide) groups is 1. The van der Waals surface area contributed by atoms with Gasteiger partial charge in [-0.3, -0.25) is 0 Å². The second kappa shape index (κ2) is 7.13. The van der Waals surface area contributed by atoms with E-state index in [2.05, 4.69) is 12.2 Å². The largest absolute Gasteiger partial charge is 0.384 e. The average molecular weight is 285 g/mol. The zero-order valence-corrected chi connectivity index (χ0v) is 12.1. The lowest BCUT2D eigenvalue weighted by molar-refractivity contribution is 0.252. The van der Waals surface area contributed by atoms with Crippen molar-refractivity contribution in [3.63, 3.8) is 0 Å². The molecule has 1 aromatic rings. The Labute approximate surface area is 118 Å². The van der Waals surface area contributed by atoms with Crippen LogP contribution in [-0.4, -0.2) is 12.3 Å². The van der Waals surface area contributed by atoms with E-state index in [0.29, 0.717) is 22.6 Å². The SMILES string of the molecule is CC1CCCC(CNc2ccccc2SC(F)F)C1. The van der Waals surface area contributed by atoms with Crippen molar-refractivity contribution in [2.24, 2.45) is 11.8 Å². The minimum absolute atomic E-state index is 0.616. The highest BCUT2D eigenvalue weighted by molar-refractivity contribution is 7.99. The second-order valence-corrected chi connectivity index (χ2v) is 6.43. The van der Waals surface area contributed by atoms with Gasteiger partial charge in [0.15, 0.2) is 0 Å². The Morgan fingerprint density at radius 2 is 2.11 bits per heavy atom. The van der Waals surface area contributed by atoms with Gasteiger partial charge < -0.3 is 5.32 Å². The molecule has 0 radical (unpaired) electrons. The minimum atomic E-state index is -2.36. The number of halogens is 2. The van der Waals surface area contributed by atoms with E-state index in [4.69, 9.17) is 0 Å². The van der Waals surface area contributed by atoms with Crippen molar-refractivity contribution in [1.29, 1.82) is 0 Å². The summed E-state index contributed by atoms with van der Waals surface area (Å²) in [5.74, 6) is -0.891. The van der Waals surface area contributed by atoms with E-state index >= 15 is 0 Å². The Balaban J connectivity index is 1.91. The highest BCUT2D eigenvalue weighted by atomic mass is 32.2. The number of anilines is 1. The fraction of sp³-hybridized carbons (Fsp3) is 0.600. The molecular weight excluding hydrogens is 264 g/mol. The molecule has 4 heteroatoms. The van der Waals surface area contributed by atoms with Crippen LogP contribution in [0.3, 0.4) is 0 Å². The zero-order chi connectivity index (χ0) is 13.7. The molecule has 1 nitrogen and oxygen atoms in total. The normalized spacial score (nSPS) is 23.6. The van der Waals surface area contributed by atoms with E-state index in [1.807, 2.05) is 12.1 Å². The fourth-order valence-electron chi connectivity index (χ4n) is 2.81. The summed E-state index contributed by atoms with van der Waals surface area (Å²) in [4.78, 5) is 0.640. The fourth-order valence-corrected chi connectivity index (χ4v) is 3.43. The third kappa shape index (κ3) is 4.68. The Kier molecular flexibility index (Phi) is 5.49. The first-order valence-electron chi connectivity index (χ1n) is 6.93. The molecule has 2 unspecified atom stereocenters. The summed E-state index contributed by atoms with van der Waals surface area (Å²) in [6, 6.07) is 7.33.